The van der Waals surface area contributed by atoms with Gasteiger partial charge in [0.15, 0.2) is 5.82 Å². The van der Waals surface area contributed by atoms with Crippen LogP contribution < -0.4 is 15.0 Å². The Bertz CT molecular complexity index is 1230. The number of piperazine rings is 1. The number of hydrogen-bond donors (Lipinski definition) is 2. The number of aromatic nitrogens is 3. The van der Waals surface area contributed by atoms with Crippen LogP contribution in [0, 0.1) is 5.82 Å². The average molecular weight is 507 g/mol. The SMILES string of the molecule is OCCN1CCN(c2ccc3cc2COC/C=C/CCOc2cc(ccn2)-c2nc(ncc2F)N3)CC1. The summed E-state index contributed by atoms with van der Waals surface area (Å²) in [5.74, 6) is 0.176. The van der Waals surface area contributed by atoms with Gasteiger partial charge in [-0.1, -0.05) is 12.2 Å². The Balaban J connectivity index is 1.44. The van der Waals surface area contributed by atoms with E-state index >= 15 is 0 Å². The van der Waals surface area contributed by atoms with Crippen molar-refractivity contribution in [3.63, 3.8) is 0 Å². The molecule has 1 saturated heterocycles. The van der Waals surface area contributed by atoms with Crippen molar-refractivity contribution >= 4 is 17.3 Å². The molecule has 2 aromatic heterocycles. The molecule has 0 radical (unpaired) electrons. The van der Waals surface area contributed by atoms with Crippen molar-refractivity contribution in [3.8, 4) is 17.1 Å². The zero-order valence-electron chi connectivity index (χ0n) is 20.6. The first-order chi connectivity index (χ1) is 18.2. The van der Waals surface area contributed by atoms with Crippen LogP contribution in [0.2, 0.25) is 0 Å². The third kappa shape index (κ3) is 6.40. The zero-order chi connectivity index (χ0) is 25.5. The minimum Gasteiger partial charge on any atom is -0.477 e. The van der Waals surface area contributed by atoms with Gasteiger partial charge in [0.25, 0.3) is 0 Å². The number of nitrogens with one attached hydrogen (secondary N) is 1. The summed E-state index contributed by atoms with van der Waals surface area (Å²) < 4.78 is 26.4. The molecule has 6 bridgehead atoms. The lowest BCUT2D eigenvalue weighted by Gasteiger charge is -2.36. The van der Waals surface area contributed by atoms with Crippen molar-refractivity contribution in [2.75, 3.05) is 62.8 Å². The van der Waals surface area contributed by atoms with Crippen LogP contribution in [0.15, 0.2) is 54.9 Å². The quantitative estimate of drug-likeness (QED) is 0.518. The first-order valence-corrected chi connectivity index (χ1v) is 12.5. The van der Waals surface area contributed by atoms with Gasteiger partial charge in [0.05, 0.1) is 32.6 Å². The largest absolute Gasteiger partial charge is 0.477 e. The third-order valence-electron chi connectivity index (χ3n) is 6.39. The lowest BCUT2D eigenvalue weighted by atomic mass is 10.1. The number of hydrogen-bond acceptors (Lipinski definition) is 9. The molecule has 0 atom stereocenters. The Labute approximate surface area is 215 Å². The first kappa shape index (κ1) is 25.1. The maximum atomic E-state index is 14.7. The molecule has 0 spiro atoms. The van der Waals surface area contributed by atoms with Gasteiger partial charge in [-0.25, -0.2) is 19.3 Å². The van der Waals surface area contributed by atoms with Crippen LogP contribution >= 0.6 is 0 Å². The average Bonchev–Trinajstić information content (AvgIpc) is 2.92. The summed E-state index contributed by atoms with van der Waals surface area (Å²) in [6, 6.07) is 9.46. The van der Waals surface area contributed by atoms with Crippen molar-refractivity contribution in [1.29, 1.82) is 0 Å². The summed E-state index contributed by atoms with van der Waals surface area (Å²) in [6.45, 7) is 5.78. The van der Waals surface area contributed by atoms with Crippen LogP contribution in [-0.2, 0) is 11.3 Å². The Morgan fingerprint density at radius 1 is 1.05 bits per heavy atom. The molecule has 194 valence electrons. The summed E-state index contributed by atoms with van der Waals surface area (Å²) in [7, 11) is 0. The number of benzene rings is 1. The Hall–Kier alpha value is -3.60. The van der Waals surface area contributed by atoms with Gasteiger partial charge in [-0.15, -0.1) is 0 Å². The minimum atomic E-state index is -0.523. The van der Waals surface area contributed by atoms with E-state index in [4.69, 9.17) is 9.47 Å². The lowest BCUT2D eigenvalue weighted by Crippen LogP contribution is -2.47. The van der Waals surface area contributed by atoms with Crippen LogP contribution in [0.3, 0.4) is 0 Å². The van der Waals surface area contributed by atoms with Crippen molar-refractivity contribution in [2.45, 2.75) is 13.0 Å². The number of nitrogens with zero attached hydrogens (tertiary/aromatic N) is 5. The van der Waals surface area contributed by atoms with Crippen molar-refractivity contribution in [2.24, 2.45) is 0 Å². The molecule has 9 nitrogen and oxygen atoms in total. The Morgan fingerprint density at radius 3 is 2.81 bits per heavy atom. The normalized spacial score (nSPS) is 17.7. The number of β-amino-alcohol motifs (C(OH)–C–C–N with tert-alkyl or cyclic N) is 1. The number of aliphatic hydroxyl groups is 1. The monoisotopic (exact) mass is 506 g/mol. The van der Waals surface area contributed by atoms with Gasteiger partial charge >= 0.3 is 0 Å². The molecule has 5 rings (SSSR count). The number of pyridine rings is 1. The van der Waals surface area contributed by atoms with Gasteiger partial charge < -0.3 is 24.8 Å². The molecule has 37 heavy (non-hydrogen) atoms. The highest BCUT2D eigenvalue weighted by Gasteiger charge is 2.20. The standard InChI is InChI=1S/C27H31FN6O3/c28-23-18-30-27-31-22-4-5-24(34-10-8-33(9-11-34)12-13-35)21(16-22)19-36-14-2-1-3-15-37-25-17-20(6-7-29-25)26(23)32-27/h1-2,4-7,16-18,35H,3,8-15,19H2,(H,30,31,32)/b2-1+. The van der Waals surface area contributed by atoms with E-state index in [9.17, 15) is 9.50 Å². The number of fused-ring (bicyclic) bond motifs is 7. The number of ether oxygens (including phenoxy) is 2. The fourth-order valence-corrected chi connectivity index (χ4v) is 4.49. The molecular formula is C27H31FN6O3. The molecular weight excluding hydrogens is 475 g/mol. The van der Waals surface area contributed by atoms with Gasteiger partial charge in [0.2, 0.25) is 11.8 Å². The topological polar surface area (TPSA) is 95.9 Å². The van der Waals surface area contributed by atoms with Crippen LogP contribution in [0.25, 0.3) is 11.3 Å². The second kappa shape index (κ2) is 12.1. The second-order valence-corrected chi connectivity index (χ2v) is 8.92. The minimum absolute atomic E-state index is 0.173. The number of halogens is 1. The Morgan fingerprint density at radius 2 is 1.95 bits per heavy atom. The highest BCUT2D eigenvalue weighted by atomic mass is 19.1. The predicted octanol–water partition coefficient (Wildman–Crippen LogP) is 3.39. The molecule has 2 aliphatic rings. The van der Waals surface area contributed by atoms with E-state index in [0.29, 0.717) is 44.2 Å². The molecule has 1 aromatic carbocycles. The molecule has 0 saturated carbocycles. The maximum Gasteiger partial charge on any atom is 0.227 e. The van der Waals surface area contributed by atoms with E-state index < -0.39 is 5.82 Å². The fraction of sp³-hybridized carbons (Fsp3) is 0.370. The van der Waals surface area contributed by atoms with E-state index in [1.807, 2.05) is 24.3 Å². The van der Waals surface area contributed by atoms with Crippen LogP contribution in [0.4, 0.5) is 21.7 Å². The molecule has 2 aliphatic heterocycles. The fourth-order valence-electron chi connectivity index (χ4n) is 4.49. The van der Waals surface area contributed by atoms with Crippen molar-refractivity contribution < 1.29 is 19.0 Å². The molecule has 10 heteroatoms. The molecule has 4 heterocycles. The zero-order valence-corrected chi connectivity index (χ0v) is 20.6. The molecule has 2 N–H and O–H groups in total. The van der Waals surface area contributed by atoms with Gasteiger partial charge in [-0.2, -0.15) is 0 Å². The summed E-state index contributed by atoms with van der Waals surface area (Å²) in [5.41, 5.74) is 3.68. The van der Waals surface area contributed by atoms with E-state index in [1.54, 1.807) is 18.3 Å². The van der Waals surface area contributed by atoms with Crippen molar-refractivity contribution in [1.82, 2.24) is 19.9 Å². The summed E-state index contributed by atoms with van der Waals surface area (Å²) >= 11 is 0. The van der Waals surface area contributed by atoms with Gasteiger partial charge in [0, 0.05) is 67.5 Å². The van der Waals surface area contributed by atoms with Crippen LogP contribution in [0.1, 0.15) is 12.0 Å². The smallest absolute Gasteiger partial charge is 0.227 e. The first-order valence-electron chi connectivity index (χ1n) is 12.5. The Kier molecular flexibility index (Phi) is 8.19. The molecule has 0 aliphatic carbocycles. The van der Waals surface area contributed by atoms with Gasteiger partial charge in [0.1, 0.15) is 5.69 Å². The maximum absolute atomic E-state index is 14.7. The lowest BCUT2D eigenvalue weighted by molar-refractivity contribution is 0.148. The molecule has 0 amide bonds. The van der Waals surface area contributed by atoms with E-state index in [2.05, 4.69) is 36.1 Å². The summed E-state index contributed by atoms with van der Waals surface area (Å²) in [4.78, 5) is 17.4. The van der Waals surface area contributed by atoms with Crippen molar-refractivity contribution in [3.05, 3.63) is 66.3 Å². The summed E-state index contributed by atoms with van der Waals surface area (Å²) in [5, 5.41) is 12.5. The number of aliphatic hydroxyl groups excluding tert-OH is 1. The third-order valence-corrected chi connectivity index (χ3v) is 6.39. The summed E-state index contributed by atoms with van der Waals surface area (Å²) in [6.07, 6.45) is 7.45. The highest BCUT2D eigenvalue weighted by Crippen LogP contribution is 2.29. The van der Waals surface area contributed by atoms with Gasteiger partial charge in [-0.3, -0.25) is 4.90 Å². The number of rotatable bonds is 3. The van der Waals surface area contributed by atoms with Crippen LogP contribution in [-0.4, -0.2) is 77.5 Å². The van der Waals surface area contributed by atoms with E-state index in [1.165, 1.54) is 6.20 Å². The highest BCUT2D eigenvalue weighted by molar-refractivity contribution is 5.66. The predicted molar refractivity (Wildman–Crippen MR) is 140 cm³/mol. The van der Waals surface area contributed by atoms with Gasteiger partial charge in [-0.05, 0) is 30.7 Å². The second-order valence-electron chi connectivity index (χ2n) is 8.92. The number of anilines is 3. The van der Waals surface area contributed by atoms with Crippen LogP contribution in [0.5, 0.6) is 5.88 Å². The molecule has 1 fully saturated rings. The molecule has 0 unspecified atom stereocenters. The molecule has 3 aromatic rings. The van der Waals surface area contributed by atoms with E-state index in [-0.39, 0.29) is 18.2 Å². The van der Waals surface area contributed by atoms with E-state index in [0.717, 1.165) is 43.1 Å².